The maximum atomic E-state index is 13.9. The van der Waals surface area contributed by atoms with Crippen molar-refractivity contribution in [3.8, 4) is 5.75 Å². The first-order chi connectivity index (χ1) is 15.4. The minimum atomic E-state index is -4.80. The summed E-state index contributed by atoms with van der Waals surface area (Å²) in [4.78, 5) is 38.7. The molecule has 0 radical (unpaired) electrons. The molecule has 2 heterocycles. The van der Waals surface area contributed by atoms with Crippen LogP contribution in [0.3, 0.4) is 0 Å². The van der Waals surface area contributed by atoms with E-state index in [-0.39, 0.29) is 42.9 Å². The van der Waals surface area contributed by atoms with E-state index in [0.29, 0.717) is 13.0 Å². The number of benzene rings is 1. The monoisotopic (exact) mass is 470 g/mol. The first-order valence-electron chi connectivity index (χ1n) is 11.0. The van der Waals surface area contributed by atoms with Crippen LogP contribution in [0.5, 0.6) is 5.75 Å². The highest BCUT2D eigenvalue weighted by Gasteiger charge is 2.44. The fourth-order valence-corrected chi connectivity index (χ4v) is 3.93. The zero-order chi connectivity index (χ0) is 24.4. The number of rotatable bonds is 6. The Morgan fingerprint density at radius 3 is 2.64 bits per heavy atom. The molecule has 0 aromatic heterocycles. The third kappa shape index (κ3) is 5.58. The number of hydrogen-bond acceptors (Lipinski definition) is 5. The van der Waals surface area contributed by atoms with Crippen LogP contribution in [0.15, 0.2) is 12.1 Å². The molecule has 0 bridgehead atoms. The minimum Gasteiger partial charge on any atom is -0.476 e. The van der Waals surface area contributed by atoms with Gasteiger partial charge in [-0.25, -0.2) is 0 Å². The standard InChI is InChI=1S/C22H29F3N4O4/c1-4-18(30)27-8-9-29-16-10-14(19(31)28-13-6-5-7-26-12-13)15(22(23,24)25)11-17(16)33-21(2,3)20(29)32/h10-11,13,26H,4-9,12H2,1-3H3,(H,27,30)(H,28,31)/t13-/m1/s1. The van der Waals surface area contributed by atoms with Crippen molar-refractivity contribution in [3.63, 3.8) is 0 Å². The maximum Gasteiger partial charge on any atom is 0.417 e. The lowest BCUT2D eigenvalue weighted by Gasteiger charge is -2.39. The summed E-state index contributed by atoms with van der Waals surface area (Å²) in [6.45, 7) is 5.97. The first-order valence-corrected chi connectivity index (χ1v) is 11.0. The van der Waals surface area contributed by atoms with Gasteiger partial charge in [-0.3, -0.25) is 14.4 Å². The second-order valence-corrected chi connectivity index (χ2v) is 8.65. The van der Waals surface area contributed by atoms with Gasteiger partial charge in [-0.1, -0.05) is 6.92 Å². The first kappa shape index (κ1) is 24.8. The molecule has 1 fully saturated rings. The fourth-order valence-electron chi connectivity index (χ4n) is 3.93. The number of anilines is 1. The van der Waals surface area contributed by atoms with E-state index in [9.17, 15) is 27.6 Å². The fraction of sp³-hybridized carbons (Fsp3) is 0.591. The summed E-state index contributed by atoms with van der Waals surface area (Å²) in [6.07, 6.45) is -3.09. The summed E-state index contributed by atoms with van der Waals surface area (Å²) >= 11 is 0. The number of amides is 3. The summed E-state index contributed by atoms with van der Waals surface area (Å²) in [6, 6.07) is 1.54. The van der Waals surface area contributed by atoms with Crippen molar-refractivity contribution in [2.75, 3.05) is 31.1 Å². The predicted molar refractivity (Wildman–Crippen MR) is 115 cm³/mol. The van der Waals surface area contributed by atoms with Gasteiger partial charge in [0.15, 0.2) is 5.60 Å². The lowest BCUT2D eigenvalue weighted by molar-refractivity contribution is -0.138. The molecule has 1 saturated heterocycles. The van der Waals surface area contributed by atoms with Crippen LogP contribution < -0.4 is 25.6 Å². The highest BCUT2D eigenvalue weighted by atomic mass is 19.4. The van der Waals surface area contributed by atoms with Crippen molar-refractivity contribution >= 4 is 23.4 Å². The third-order valence-electron chi connectivity index (χ3n) is 5.68. The van der Waals surface area contributed by atoms with E-state index in [1.807, 2.05) is 0 Å². The van der Waals surface area contributed by atoms with Crippen LogP contribution in [0.2, 0.25) is 0 Å². The number of carbonyl (C=O) groups is 3. The Balaban J connectivity index is 1.99. The number of fused-ring (bicyclic) bond motifs is 1. The van der Waals surface area contributed by atoms with Gasteiger partial charge < -0.3 is 25.6 Å². The van der Waals surface area contributed by atoms with Gasteiger partial charge in [0.2, 0.25) is 5.91 Å². The molecule has 3 N–H and O–H groups in total. The Labute approximate surface area is 190 Å². The van der Waals surface area contributed by atoms with Gasteiger partial charge in [0.25, 0.3) is 11.8 Å². The largest absolute Gasteiger partial charge is 0.476 e. The molecule has 2 aliphatic heterocycles. The van der Waals surface area contributed by atoms with Gasteiger partial charge in [0.1, 0.15) is 5.75 Å². The van der Waals surface area contributed by atoms with E-state index < -0.39 is 34.7 Å². The number of nitrogens with one attached hydrogen (secondary N) is 3. The second kappa shape index (κ2) is 9.58. The van der Waals surface area contributed by atoms with Gasteiger partial charge in [-0.2, -0.15) is 13.2 Å². The molecule has 0 unspecified atom stereocenters. The normalized spacial score (nSPS) is 20.0. The minimum absolute atomic E-state index is 0.0172. The highest BCUT2D eigenvalue weighted by molar-refractivity contribution is 6.05. The van der Waals surface area contributed by atoms with Crippen LogP contribution >= 0.6 is 0 Å². The zero-order valence-electron chi connectivity index (χ0n) is 18.9. The number of carbonyl (C=O) groups excluding carboxylic acids is 3. The van der Waals surface area contributed by atoms with Crippen LogP contribution in [0, 0.1) is 0 Å². The SMILES string of the molecule is CCC(=O)NCCN1C(=O)C(C)(C)Oc2cc(C(F)(F)F)c(C(=O)N[C@@H]3CCCNC3)cc21. The van der Waals surface area contributed by atoms with Crippen molar-refractivity contribution in [2.24, 2.45) is 0 Å². The molecular formula is C22H29F3N4O4. The zero-order valence-corrected chi connectivity index (χ0v) is 18.9. The Kier molecular flexibility index (Phi) is 7.20. The number of ether oxygens (including phenoxy) is 1. The smallest absolute Gasteiger partial charge is 0.417 e. The predicted octanol–water partition coefficient (Wildman–Crippen LogP) is 2.22. The van der Waals surface area contributed by atoms with Gasteiger partial charge in [0.05, 0.1) is 16.8 Å². The van der Waals surface area contributed by atoms with E-state index in [2.05, 4.69) is 16.0 Å². The van der Waals surface area contributed by atoms with E-state index in [1.165, 1.54) is 18.7 Å². The third-order valence-corrected chi connectivity index (χ3v) is 5.68. The molecule has 2 aliphatic rings. The van der Waals surface area contributed by atoms with Gasteiger partial charge in [0, 0.05) is 32.1 Å². The molecule has 11 heteroatoms. The number of halogens is 3. The van der Waals surface area contributed by atoms with Gasteiger partial charge >= 0.3 is 6.18 Å². The van der Waals surface area contributed by atoms with Crippen LogP contribution in [-0.4, -0.2) is 55.5 Å². The molecule has 3 amide bonds. The summed E-state index contributed by atoms with van der Waals surface area (Å²) < 4.78 is 47.2. The molecular weight excluding hydrogens is 441 g/mol. The van der Waals surface area contributed by atoms with E-state index in [0.717, 1.165) is 25.1 Å². The Hall–Kier alpha value is -2.82. The molecule has 0 saturated carbocycles. The number of piperidine rings is 1. The second-order valence-electron chi connectivity index (χ2n) is 8.65. The molecule has 3 rings (SSSR count). The summed E-state index contributed by atoms with van der Waals surface area (Å²) in [5, 5.41) is 8.41. The highest BCUT2D eigenvalue weighted by Crippen LogP contribution is 2.43. The molecule has 0 aliphatic carbocycles. The summed E-state index contributed by atoms with van der Waals surface area (Å²) in [5.74, 6) is -1.72. The lowest BCUT2D eigenvalue weighted by Crippen LogP contribution is -2.54. The number of alkyl halides is 3. The van der Waals surface area contributed by atoms with Crippen LogP contribution in [0.1, 0.15) is 56.0 Å². The van der Waals surface area contributed by atoms with Gasteiger partial charge in [-0.15, -0.1) is 0 Å². The van der Waals surface area contributed by atoms with Crippen LogP contribution in [-0.2, 0) is 15.8 Å². The molecule has 8 nitrogen and oxygen atoms in total. The summed E-state index contributed by atoms with van der Waals surface area (Å²) in [7, 11) is 0. The van der Waals surface area contributed by atoms with Crippen molar-refractivity contribution in [1.82, 2.24) is 16.0 Å². The van der Waals surface area contributed by atoms with Gasteiger partial charge in [-0.05, 0) is 45.4 Å². The molecule has 1 aromatic rings. The van der Waals surface area contributed by atoms with Crippen LogP contribution in [0.4, 0.5) is 18.9 Å². The Morgan fingerprint density at radius 2 is 2.03 bits per heavy atom. The van der Waals surface area contributed by atoms with Crippen LogP contribution in [0.25, 0.3) is 0 Å². The van der Waals surface area contributed by atoms with Crippen molar-refractivity contribution in [2.45, 2.75) is 57.9 Å². The molecule has 1 atom stereocenters. The average Bonchev–Trinajstić information content (AvgIpc) is 2.75. The van der Waals surface area contributed by atoms with Crippen molar-refractivity contribution in [1.29, 1.82) is 0 Å². The Morgan fingerprint density at radius 1 is 1.30 bits per heavy atom. The Bertz CT molecular complexity index is 927. The molecule has 182 valence electrons. The number of nitrogens with zero attached hydrogens (tertiary/aromatic N) is 1. The van der Waals surface area contributed by atoms with E-state index >= 15 is 0 Å². The summed E-state index contributed by atoms with van der Waals surface area (Å²) in [5.41, 5.74) is -3.07. The topological polar surface area (TPSA) is 99.8 Å². The maximum absolute atomic E-state index is 13.9. The quantitative estimate of drug-likeness (QED) is 0.592. The van der Waals surface area contributed by atoms with E-state index in [4.69, 9.17) is 4.74 Å². The lowest BCUT2D eigenvalue weighted by atomic mass is 9.98. The van der Waals surface area contributed by atoms with Crippen molar-refractivity contribution in [3.05, 3.63) is 23.3 Å². The number of hydrogen-bond donors (Lipinski definition) is 3. The molecule has 33 heavy (non-hydrogen) atoms. The molecule has 1 aromatic carbocycles. The average molecular weight is 470 g/mol. The van der Waals surface area contributed by atoms with Crippen molar-refractivity contribution < 1.29 is 32.3 Å². The van der Waals surface area contributed by atoms with E-state index in [1.54, 1.807) is 6.92 Å². The molecule has 0 spiro atoms.